The van der Waals surface area contributed by atoms with Gasteiger partial charge >= 0.3 is 0 Å². The molecular weight excluding hydrogens is 300 g/mol. The van der Waals surface area contributed by atoms with Gasteiger partial charge in [-0.15, -0.1) is 0 Å². The third kappa shape index (κ3) is 2.75. The summed E-state index contributed by atoms with van der Waals surface area (Å²) in [5, 5.41) is 4.32. The van der Waals surface area contributed by atoms with Gasteiger partial charge in [-0.3, -0.25) is 9.78 Å². The molecule has 0 unspecified atom stereocenters. The van der Waals surface area contributed by atoms with Crippen LogP contribution in [0.3, 0.4) is 0 Å². The van der Waals surface area contributed by atoms with E-state index in [-0.39, 0.29) is 11.2 Å². The number of aromatic nitrogens is 4. The Morgan fingerprint density at radius 3 is 2.77 bits per heavy atom. The molecular formula is C14H20N6OS. The number of thioether (sulfide) groups is 1. The van der Waals surface area contributed by atoms with Gasteiger partial charge in [0.2, 0.25) is 5.91 Å². The zero-order valence-corrected chi connectivity index (χ0v) is 13.7. The molecule has 1 atom stereocenters. The molecule has 7 nitrogen and oxygen atoms in total. The Morgan fingerprint density at radius 1 is 1.32 bits per heavy atom. The molecule has 2 aromatic rings. The maximum absolute atomic E-state index is 12.4. The van der Waals surface area contributed by atoms with Crippen molar-refractivity contribution < 1.29 is 4.79 Å². The molecule has 1 aliphatic rings. The highest BCUT2D eigenvalue weighted by molar-refractivity contribution is 7.99. The van der Waals surface area contributed by atoms with E-state index in [1.54, 1.807) is 28.7 Å². The van der Waals surface area contributed by atoms with Crippen molar-refractivity contribution in [3.63, 3.8) is 0 Å². The Balaban J connectivity index is 1.69. The number of carbonyl (C=O) groups excluding carboxylic acids is 1. The Labute approximate surface area is 133 Å². The lowest BCUT2D eigenvalue weighted by Gasteiger charge is -2.36. The lowest BCUT2D eigenvalue weighted by atomic mass is 10.2. The minimum absolute atomic E-state index is 0.0759. The van der Waals surface area contributed by atoms with Crippen molar-refractivity contribution in [2.24, 2.45) is 0 Å². The summed E-state index contributed by atoms with van der Waals surface area (Å²) in [7, 11) is 0. The van der Waals surface area contributed by atoms with Gasteiger partial charge in [0.1, 0.15) is 6.33 Å². The van der Waals surface area contributed by atoms with Gasteiger partial charge in [0.05, 0.1) is 17.6 Å². The lowest BCUT2D eigenvalue weighted by Crippen LogP contribution is -2.51. The van der Waals surface area contributed by atoms with Gasteiger partial charge in [-0.2, -0.15) is 21.4 Å². The van der Waals surface area contributed by atoms with Gasteiger partial charge in [0.15, 0.2) is 11.5 Å². The van der Waals surface area contributed by atoms with Crippen LogP contribution < -0.4 is 4.90 Å². The predicted molar refractivity (Wildman–Crippen MR) is 87.2 cm³/mol. The van der Waals surface area contributed by atoms with Gasteiger partial charge in [-0.25, -0.2) is 4.98 Å². The first kappa shape index (κ1) is 15.1. The van der Waals surface area contributed by atoms with Gasteiger partial charge in [-0.05, 0) is 12.7 Å². The molecule has 3 heterocycles. The maximum Gasteiger partial charge on any atom is 0.235 e. The number of hydrogen-bond acceptors (Lipinski definition) is 6. The van der Waals surface area contributed by atoms with Crippen molar-refractivity contribution in [3.8, 4) is 0 Å². The van der Waals surface area contributed by atoms with E-state index in [0.29, 0.717) is 0 Å². The van der Waals surface area contributed by atoms with Crippen LogP contribution in [0.15, 0.2) is 18.7 Å². The normalized spacial score (nSPS) is 17.0. The number of carbonyl (C=O) groups is 1. The molecule has 0 aliphatic carbocycles. The highest BCUT2D eigenvalue weighted by atomic mass is 32.2. The molecule has 0 aromatic carbocycles. The molecule has 22 heavy (non-hydrogen) atoms. The highest BCUT2D eigenvalue weighted by Crippen LogP contribution is 2.19. The maximum atomic E-state index is 12.4. The predicted octanol–water partition coefficient (Wildman–Crippen LogP) is 0.915. The third-order valence-corrected chi connectivity index (χ3v) is 5.12. The second-order valence-corrected chi connectivity index (χ2v) is 6.28. The monoisotopic (exact) mass is 320 g/mol. The topological polar surface area (TPSA) is 66.6 Å². The van der Waals surface area contributed by atoms with Crippen molar-refractivity contribution in [1.29, 1.82) is 0 Å². The number of piperazine rings is 1. The molecule has 0 saturated carbocycles. The summed E-state index contributed by atoms with van der Waals surface area (Å²) in [6.07, 6.45) is 7.91. The summed E-state index contributed by atoms with van der Waals surface area (Å²) in [6, 6.07) is 0. The standard InChI is InChI=1S/C14H20N6OS/c1-3-11(22-2)14(21)19-6-4-18(5-7-19)13-9-15-8-12-16-10-17-20(12)13/h8-11H,3-7H2,1-2H3/t11-/m0/s1. The minimum Gasteiger partial charge on any atom is -0.352 e. The fourth-order valence-corrected chi connectivity index (χ4v) is 3.44. The van der Waals surface area contributed by atoms with Crippen molar-refractivity contribution in [2.45, 2.75) is 18.6 Å². The first-order valence-corrected chi connectivity index (χ1v) is 8.73. The largest absolute Gasteiger partial charge is 0.352 e. The van der Waals surface area contributed by atoms with Crippen molar-refractivity contribution >= 4 is 29.1 Å². The van der Waals surface area contributed by atoms with E-state index in [1.807, 2.05) is 11.2 Å². The van der Waals surface area contributed by atoms with Crippen molar-refractivity contribution in [1.82, 2.24) is 24.5 Å². The zero-order chi connectivity index (χ0) is 15.5. The molecule has 8 heteroatoms. The van der Waals surface area contributed by atoms with Crippen LogP contribution in [0.25, 0.3) is 5.65 Å². The molecule has 1 aliphatic heterocycles. The first-order chi connectivity index (χ1) is 10.7. The van der Waals surface area contributed by atoms with Crippen LogP contribution in [0.5, 0.6) is 0 Å². The van der Waals surface area contributed by atoms with Crippen molar-refractivity contribution in [2.75, 3.05) is 37.3 Å². The Bertz CT molecular complexity index is 648. The summed E-state index contributed by atoms with van der Waals surface area (Å²) in [5.74, 6) is 1.19. The Morgan fingerprint density at radius 2 is 2.09 bits per heavy atom. The Kier molecular flexibility index (Phi) is 4.47. The van der Waals surface area contributed by atoms with Crippen LogP contribution in [0, 0.1) is 0 Å². The highest BCUT2D eigenvalue weighted by Gasteiger charge is 2.26. The van der Waals surface area contributed by atoms with Crippen LogP contribution in [-0.4, -0.2) is 68.1 Å². The summed E-state index contributed by atoms with van der Waals surface area (Å²) in [6.45, 7) is 5.11. The van der Waals surface area contributed by atoms with Crippen LogP contribution in [0.2, 0.25) is 0 Å². The van der Waals surface area contributed by atoms with Crippen LogP contribution in [0.1, 0.15) is 13.3 Å². The molecule has 0 N–H and O–H groups in total. The molecule has 3 rings (SSSR count). The van der Waals surface area contributed by atoms with Crippen LogP contribution in [-0.2, 0) is 4.79 Å². The van der Waals surface area contributed by atoms with E-state index >= 15 is 0 Å². The fraction of sp³-hybridized carbons (Fsp3) is 0.571. The van der Waals surface area contributed by atoms with Crippen LogP contribution in [0.4, 0.5) is 5.82 Å². The molecule has 0 spiro atoms. The molecule has 1 saturated heterocycles. The summed E-state index contributed by atoms with van der Waals surface area (Å²) >= 11 is 1.63. The fourth-order valence-electron chi connectivity index (χ4n) is 2.76. The van der Waals surface area contributed by atoms with Gasteiger partial charge in [0, 0.05) is 26.2 Å². The van der Waals surface area contributed by atoms with Gasteiger partial charge < -0.3 is 9.80 Å². The van der Waals surface area contributed by atoms with E-state index < -0.39 is 0 Å². The van der Waals surface area contributed by atoms with E-state index in [1.165, 1.54) is 6.33 Å². The van der Waals surface area contributed by atoms with E-state index in [9.17, 15) is 4.79 Å². The molecule has 1 fully saturated rings. The quantitative estimate of drug-likeness (QED) is 0.834. The van der Waals surface area contributed by atoms with E-state index in [4.69, 9.17) is 0 Å². The molecule has 118 valence electrons. The Hall–Kier alpha value is -1.83. The average Bonchev–Trinajstić information content (AvgIpc) is 3.04. The van der Waals surface area contributed by atoms with Gasteiger partial charge in [-0.1, -0.05) is 6.92 Å². The summed E-state index contributed by atoms with van der Waals surface area (Å²) in [5.41, 5.74) is 0.740. The minimum atomic E-state index is 0.0759. The number of nitrogens with zero attached hydrogens (tertiary/aromatic N) is 6. The summed E-state index contributed by atoms with van der Waals surface area (Å²) < 4.78 is 1.79. The lowest BCUT2D eigenvalue weighted by molar-refractivity contribution is -0.130. The molecule has 0 bridgehead atoms. The zero-order valence-electron chi connectivity index (χ0n) is 12.8. The van der Waals surface area contributed by atoms with E-state index in [2.05, 4.69) is 26.9 Å². The van der Waals surface area contributed by atoms with E-state index in [0.717, 1.165) is 44.1 Å². The number of hydrogen-bond donors (Lipinski definition) is 0. The van der Waals surface area contributed by atoms with Gasteiger partial charge in [0.25, 0.3) is 0 Å². The van der Waals surface area contributed by atoms with Crippen molar-refractivity contribution in [3.05, 3.63) is 18.7 Å². The molecule has 1 amide bonds. The number of amides is 1. The third-order valence-electron chi connectivity index (χ3n) is 4.02. The number of fused-ring (bicyclic) bond motifs is 1. The second-order valence-electron chi connectivity index (χ2n) is 5.24. The molecule has 0 radical (unpaired) electrons. The average molecular weight is 320 g/mol. The first-order valence-electron chi connectivity index (χ1n) is 7.45. The smallest absolute Gasteiger partial charge is 0.235 e. The number of rotatable bonds is 4. The van der Waals surface area contributed by atoms with Crippen LogP contribution >= 0.6 is 11.8 Å². The summed E-state index contributed by atoms with van der Waals surface area (Å²) in [4.78, 5) is 25.0. The second kappa shape index (κ2) is 6.51. The molecule has 2 aromatic heterocycles. The number of anilines is 1. The SMILES string of the molecule is CC[C@H](SC)C(=O)N1CCN(c2cncc3ncnn23)CC1.